The van der Waals surface area contributed by atoms with Crippen molar-refractivity contribution in [2.45, 2.75) is 32.2 Å². The van der Waals surface area contributed by atoms with Crippen LogP contribution in [0, 0.1) is 0 Å². The second kappa shape index (κ2) is 5.87. The van der Waals surface area contributed by atoms with Gasteiger partial charge in [-0.05, 0) is 13.3 Å². The van der Waals surface area contributed by atoms with E-state index in [1.54, 1.807) is 11.3 Å². The fourth-order valence-electron chi connectivity index (χ4n) is 2.87. The Bertz CT molecular complexity index is 601. The molecule has 0 N–H and O–H groups in total. The van der Waals surface area contributed by atoms with Gasteiger partial charge in [0.2, 0.25) is 0 Å². The fraction of sp³-hybridized carbons (Fsp3) is 0.600. The normalized spacial score (nSPS) is 19.7. The quantitative estimate of drug-likeness (QED) is 0.848. The first-order valence-corrected chi connectivity index (χ1v) is 8.28. The highest BCUT2D eigenvalue weighted by molar-refractivity contribution is 7.15. The first kappa shape index (κ1) is 14.7. The van der Waals surface area contributed by atoms with Gasteiger partial charge >= 0.3 is 0 Å². The summed E-state index contributed by atoms with van der Waals surface area (Å²) in [7, 11) is 0. The van der Waals surface area contributed by atoms with E-state index >= 15 is 0 Å². The first-order chi connectivity index (χ1) is 10.1. The number of morpholine rings is 1. The zero-order valence-corrected chi connectivity index (χ0v) is 13.4. The molecule has 2 aromatic rings. The van der Waals surface area contributed by atoms with Gasteiger partial charge in [-0.2, -0.15) is 0 Å². The van der Waals surface area contributed by atoms with Gasteiger partial charge in [0, 0.05) is 30.9 Å². The zero-order valence-electron chi connectivity index (χ0n) is 12.5. The van der Waals surface area contributed by atoms with Gasteiger partial charge in [-0.1, -0.05) is 6.92 Å². The largest absolute Gasteiger partial charge is 0.379 e. The molecule has 3 heterocycles. The number of rotatable bonds is 5. The SMILES string of the molecule is CCC(C)(C(=O)Cc1cn2ccsc2n1)N1CCOCC1. The van der Waals surface area contributed by atoms with E-state index in [-0.39, 0.29) is 5.78 Å². The van der Waals surface area contributed by atoms with Crippen LogP contribution in [0.1, 0.15) is 26.0 Å². The number of Topliss-reactive ketones (excluding diaryl/α,β-unsaturated/α-hetero) is 1. The minimum absolute atomic E-state index is 0.248. The van der Waals surface area contributed by atoms with Crippen LogP contribution in [0.4, 0.5) is 0 Å². The Labute approximate surface area is 128 Å². The summed E-state index contributed by atoms with van der Waals surface area (Å²) in [6.07, 6.45) is 5.14. The summed E-state index contributed by atoms with van der Waals surface area (Å²) in [4.78, 5) is 20.6. The van der Waals surface area contributed by atoms with Crippen LogP contribution in [0.3, 0.4) is 0 Å². The van der Waals surface area contributed by atoms with E-state index in [9.17, 15) is 4.79 Å². The van der Waals surface area contributed by atoms with Crippen LogP contribution in [-0.4, -0.2) is 51.9 Å². The lowest BCUT2D eigenvalue weighted by Crippen LogP contribution is -2.56. The number of aromatic nitrogens is 2. The fourth-order valence-corrected chi connectivity index (χ4v) is 3.59. The molecule has 1 unspecified atom stereocenters. The van der Waals surface area contributed by atoms with E-state index in [1.807, 2.05) is 22.2 Å². The average Bonchev–Trinajstić information content (AvgIpc) is 3.08. The van der Waals surface area contributed by atoms with E-state index < -0.39 is 5.54 Å². The van der Waals surface area contributed by atoms with Crippen molar-refractivity contribution in [3.63, 3.8) is 0 Å². The number of carbonyl (C=O) groups excluding carboxylic acids is 1. The Morgan fingerprint density at radius 3 is 2.90 bits per heavy atom. The van der Waals surface area contributed by atoms with Crippen molar-refractivity contribution in [1.82, 2.24) is 14.3 Å². The van der Waals surface area contributed by atoms with Gasteiger partial charge in [0.25, 0.3) is 0 Å². The third kappa shape index (κ3) is 2.75. The molecule has 0 saturated carbocycles. The summed E-state index contributed by atoms with van der Waals surface area (Å²) in [6.45, 7) is 7.22. The summed E-state index contributed by atoms with van der Waals surface area (Å²) >= 11 is 1.59. The lowest BCUT2D eigenvalue weighted by molar-refractivity contribution is -0.133. The highest BCUT2D eigenvalue weighted by Crippen LogP contribution is 2.24. The molecule has 0 radical (unpaired) electrons. The second-order valence-corrected chi connectivity index (χ2v) is 6.52. The summed E-state index contributed by atoms with van der Waals surface area (Å²) in [5, 5.41) is 2.00. The molecule has 0 aromatic carbocycles. The van der Waals surface area contributed by atoms with Crippen molar-refractivity contribution in [2.24, 2.45) is 0 Å². The van der Waals surface area contributed by atoms with Crippen molar-refractivity contribution in [2.75, 3.05) is 26.3 Å². The number of ketones is 1. The molecule has 0 bridgehead atoms. The minimum Gasteiger partial charge on any atom is -0.379 e. The Morgan fingerprint density at radius 1 is 1.48 bits per heavy atom. The van der Waals surface area contributed by atoms with Gasteiger partial charge in [-0.3, -0.25) is 14.1 Å². The van der Waals surface area contributed by atoms with Gasteiger partial charge in [-0.25, -0.2) is 4.98 Å². The lowest BCUT2D eigenvalue weighted by Gasteiger charge is -2.41. The number of fused-ring (bicyclic) bond motifs is 1. The van der Waals surface area contributed by atoms with Crippen molar-refractivity contribution in [3.8, 4) is 0 Å². The van der Waals surface area contributed by atoms with Crippen LogP contribution < -0.4 is 0 Å². The van der Waals surface area contributed by atoms with Crippen LogP contribution >= 0.6 is 11.3 Å². The molecule has 0 aliphatic carbocycles. The molecule has 1 saturated heterocycles. The van der Waals surface area contributed by atoms with E-state index in [1.165, 1.54) is 0 Å². The Kier molecular flexibility index (Phi) is 4.10. The number of ether oxygens (including phenoxy) is 1. The van der Waals surface area contributed by atoms with Crippen LogP contribution in [0.15, 0.2) is 17.8 Å². The molecule has 1 aliphatic heterocycles. The van der Waals surface area contributed by atoms with Crippen molar-refractivity contribution in [3.05, 3.63) is 23.5 Å². The van der Waals surface area contributed by atoms with Gasteiger partial charge in [0.05, 0.1) is 30.9 Å². The third-order valence-electron chi connectivity index (χ3n) is 4.48. The van der Waals surface area contributed by atoms with E-state index in [2.05, 4.69) is 23.7 Å². The highest BCUT2D eigenvalue weighted by atomic mass is 32.1. The predicted octanol–water partition coefficient (Wildman–Crippen LogP) is 2.01. The molecule has 0 amide bonds. The Balaban J connectivity index is 1.76. The summed E-state index contributed by atoms with van der Waals surface area (Å²) in [6, 6.07) is 0. The zero-order chi connectivity index (χ0) is 14.9. The molecular formula is C15H21N3O2S. The molecule has 6 heteroatoms. The number of hydrogen-bond donors (Lipinski definition) is 0. The van der Waals surface area contributed by atoms with Crippen LogP contribution in [0.2, 0.25) is 0 Å². The maximum atomic E-state index is 12.8. The minimum atomic E-state index is -0.416. The summed E-state index contributed by atoms with van der Waals surface area (Å²) in [5.41, 5.74) is 0.445. The van der Waals surface area contributed by atoms with Crippen molar-refractivity contribution < 1.29 is 9.53 Å². The van der Waals surface area contributed by atoms with Gasteiger partial charge in [0.1, 0.15) is 0 Å². The number of imidazole rings is 1. The smallest absolute Gasteiger partial charge is 0.193 e. The number of hydrogen-bond acceptors (Lipinski definition) is 5. The van der Waals surface area contributed by atoms with E-state index in [0.717, 1.165) is 30.2 Å². The molecule has 1 fully saturated rings. The van der Waals surface area contributed by atoms with Gasteiger partial charge < -0.3 is 4.74 Å². The molecule has 1 aliphatic rings. The van der Waals surface area contributed by atoms with Crippen LogP contribution in [0.25, 0.3) is 4.96 Å². The summed E-state index contributed by atoms with van der Waals surface area (Å²) < 4.78 is 7.38. The second-order valence-electron chi connectivity index (χ2n) is 5.65. The molecule has 3 rings (SSSR count). The Hall–Kier alpha value is -1.24. The van der Waals surface area contributed by atoms with Crippen LogP contribution in [-0.2, 0) is 16.0 Å². The summed E-state index contributed by atoms with van der Waals surface area (Å²) in [5.74, 6) is 0.248. The standard InChI is InChI=1S/C15H21N3O2S/c1-3-15(2,18-4-7-20-8-5-18)13(19)10-12-11-17-6-9-21-14(17)16-12/h6,9,11H,3-5,7-8,10H2,1-2H3. The average molecular weight is 307 g/mol. The molecule has 5 nitrogen and oxygen atoms in total. The van der Waals surface area contributed by atoms with Crippen LogP contribution in [0.5, 0.6) is 0 Å². The molecule has 114 valence electrons. The Morgan fingerprint density at radius 2 is 2.24 bits per heavy atom. The molecule has 2 aromatic heterocycles. The molecule has 1 atom stereocenters. The number of carbonyl (C=O) groups is 1. The number of nitrogens with zero attached hydrogens (tertiary/aromatic N) is 3. The first-order valence-electron chi connectivity index (χ1n) is 7.40. The predicted molar refractivity (Wildman–Crippen MR) is 82.9 cm³/mol. The maximum Gasteiger partial charge on any atom is 0.193 e. The molecule has 0 spiro atoms. The molecule has 21 heavy (non-hydrogen) atoms. The van der Waals surface area contributed by atoms with Gasteiger partial charge in [-0.15, -0.1) is 11.3 Å². The monoisotopic (exact) mass is 307 g/mol. The van der Waals surface area contributed by atoms with Gasteiger partial charge in [0.15, 0.2) is 10.7 Å². The molecular weight excluding hydrogens is 286 g/mol. The van der Waals surface area contributed by atoms with E-state index in [4.69, 9.17) is 4.74 Å². The lowest BCUT2D eigenvalue weighted by atomic mass is 9.88. The third-order valence-corrected chi connectivity index (χ3v) is 5.25. The van der Waals surface area contributed by atoms with Crippen molar-refractivity contribution in [1.29, 1.82) is 0 Å². The van der Waals surface area contributed by atoms with Crippen molar-refractivity contribution >= 4 is 22.1 Å². The van der Waals surface area contributed by atoms with E-state index in [0.29, 0.717) is 19.6 Å². The number of thiazole rings is 1. The maximum absolute atomic E-state index is 12.8. The highest BCUT2D eigenvalue weighted by Gasteiger charge is 2.38. The topological polar surface area (TPSA) is 46.8 Å².